The first kappa shape index (κ1) is 20.7. The highest BCUT2D eigenvalue weighted by molar-refractivity contribution is 7.89. The third kappa shape index (κ3) is 3.57. The Kier molecular flexibility index (Phi) is 5.24. The summed E-state index contributed by atoms with van der Waals surface area (Å²) in [4.78, 5) is 14.5. The molecule has 3 heterocycles. The highest BCUT2D eigenvalue weighted by Crippen LogP contribution is 2.27. The maximum Gasteiger partial charge on any atom is 0.289 e. The largest absolute Gasteiger partial charge is 0.451 e. The van der Waals surface area contributed by atoms with Crippen molar-refractivity contribution >= 4 is 38.7 Å². The van der Waals surface area contributed by atoms with Crippen LogP contribution in [0.1, 0.15) is 10.6 Å². The van der Waals surface area contributed by atoms with Gasteiger partial charge in [-0.25, -0.2) is 12.8 Å². The summed E-state index contributed by atoms with van der Waals surface area (Å²) in [6.45, 7) is 0.698. The molecule has 0 saturated carbocycles. The molecular weight excluding hydrogens is 455 g/mol. The first-order valence-corrected chi connectivity index (χ1v) is 12.0. The fourth-order valence-electron chi connectivity index (χ4n) is 3.67. The lowest BCUT2D eigenvalue weighted by molar-refractivity contribution is 0.0667. The molecule has 0 N–H and O–H groups in total. The number of benzene rings is 2. The fourth-order valence-corrected chi connectivity index (χ4v) is 5.85. The Hall–Kier alpha value is -3.15. The molecule has 2 aromatic carbocycles. The highest BCUT2D eigenvalue weighted by atomic mass is 32.2. The lowest BCUT2D eigenvalue weighted by Gasteiger charge is -2.33. The van der Waals surface area contributed by atoms with Gasteiger partial charge < -0.3 is 9.32 Å². The Bertz CT molecular complexity index is 1410. The molecule has 32 heavy (non-hydrogen) atoms. The van der Waals surface area contributed by atoms with Crippen molar-refractivity contribution in [3.8, 4) is 11.3 Å². The van der Waals surface area contributed by atoms with Gasteiger partial charge in [-0.3, -0.25) is 4.79 Å². The van der Waals surface area contributed by atoms with Crippen molar-refractivity contribution in [2.24, 2.45) is 0 Å². The maximum absolute atomic E-state index is 14.0. The molecule has 0 radical (unpaired) electrons. The van der Waals surface area contributed by atoms with Gasteiger partial charge in [-0.2, -0.15) is 13.1 Å². The summed E-state index contributed by atoms with van der Waals surface area (Å²) in [5, 5.41) is 0. The molecule has 0 unspecified atom stereocenters. The van der Waals surface area contributed by atoms with Crippen molar-refractivity contribution < 1.29 is 22.0 Å². The van der Waals surface area contributed by atoms with E-state index >= 15 is 0 Å². The zero-order chi connectivity index (χ0) is 22.3. The van der Waals surface area contributed by atoms with E-state index < -0.39 is 15.8 Å². The topological polar surface area (TPSA) is 96.6 Å². The van der Waals surface area contributed by atoms with Gasteiger partial charge in [0, 0.05) is 26.2 Å². The standard InChI is InChI=1S/C21H17FN4O4S2/c22-15-5-2-1-4-14(15)17-8-9-18(30-17)21(27)25-10-12-26(13-11-25)32(28,29)19-7-3-6-16-20(19)24-31-23-16/h1-9H,10-13H2. The summed E-state index contributed by atoms with van der Waals surface area (Å²) >= 11 is 0.963. The van der Waals surface area contributed by atoms with Gasteiger partial charge in [0.15, 0.2) is 5.76 Å². The smallest absolute Gasteiger partial charge is 0.289 e. The summed E-state index contributed by atoms with van der Waals surface area (Å²) in [6, 6.07) is 14.1. The summed E-state index contributed by atoms with van der Waals surface area (Å²) < 4.78 is 55.4. The van der Waals surface area contributed by atoms with Gasteiger partial charge in [-0.15, -0.1) is 0 Å². The average Bonchev–Trinajstić information content (AvgIpc) is 3.48. The quantitative estimate of drug-likeness (QED) is 0.452. The van der Waals surface area contributed by atoms with Crippen LogP contribution in [0.15, 0.2) is 63.9 Å². The normalized spacial score (nSPS) is 15.3. The second-order valence-corrected chi connectivity index (χ2v) is 9.66. The minimum atomic E-state index is -3.77. The van der Waals surface area contributed by atoms with Crippen LogP contribution in [-0.2, 0) is 10.0 Å². The number of nitrogens with zero attached hydrogens (tertiary/aromatic N) is 4. The minimum Gasteiger partial charge on any atom is -0.451 e. The molecule has 1 aliphatic heterocycles. The Morgan fingerprint density at radius 1 is 0.969 bits per heavy atom. The monoisotopic (exact) mass is 472 g/mol. The lowest BCUT2D eigenvalue weighted by atomic mass is 10.1. The van der Waals surface area contributed by atoms with E-state index in [9.17, 15) is 17.6 Å². The molecular formula is C21H17FN4O4S2. The number of piperazine rings is 1. The number of hydrogen-bond donors (Lipinski definition) is 0. The molecule has 164 valence electrons. The maximum atomic E-state index is 14.0. The van der Waals surface area contributed by atoms with Crippen molar-refractivity contribution in [2.75, 3.05) is 26.2 Å². The number of aromatic nitrogens is 2. The SMILES string of the molecule is O=C(c1ccc(-c2ccccc2F)o1)N1CCN(S(=O)(=O)c2cccc3nsnc23)CC1. The predicted octanol–water partition coefficient (Wildman–Crippen LogP) is 3.24. The van der Waals surface area contributed by atoms with E-state index in [-0.39, 0.29) is 54.1 Å². The molecule has 11 heteroatoms. The van der Waals surface area contributed by atoms with Gasteiger partial charge in [0.1, 0.15) is 27.5 Å². The molecule has 5 rings (SSSR count). The zero-order valence-corrected chi connectivity index (χ0v) is 18.3. The number of furan rings is 1. The first-order valence-electron chi connectivity index (χ1n) is 9.80. The van der Waals surface area contributed by atoms with E-state index in [2.05, 4.69) is 8.75 Å². The Morgan fingerprint density at radius 2 is 1.75 bits per heavy atom. The summed E-state index contributed by atoms with van der Waals surface area (Å²) in [6.07, 6.45) is 0. The van der Waals surface area contributed by atoms with Gasteiger partial charge in [-0.1, -0.05) is 18.2 Å². The molecule has 2 aromatic heterocycles. The van der Waals surface area contributed by atoms with Gasteiger partial charge in [0.25, 0.3) is 5.91 Å². The van der Waals surface area contributed by atoms with Crippen molar-refractivity contribution in [3.63, 3.8) is 0 Å². The first-order chi connectivity index (χ1) is 15.4. The second kappa shape index (κ2) is 8.08. The number of carbonyl (C=O) groups is 1. The predicted molar refractivity (Wildman–Crippen MR) is 116 cm³/mol. The van der Waals surface area contributed by atoms with Crippen molar-refractivity contribution in [1.29, 1.82) is 0 Å². The van der Waals surface area contributed by atoms with Gasteiger partial charge >= 0.3 is 0 Å². The van der Waals surface area contributed by atoms with Crippen LogP contribution in [0.3, 0.4) is 0 Å². The molecule has 1 fully saturated rings. The van der Waals surface area contributed by atoms with E-state index in [4.69, 9.17) is 4.42 Å². The Balaban J connectivity index is 1.30. The van der Waals surface area contributed by atoms with Crippen LogP contribution in [0.4, 0.5) is 4.39 Å². The van der Waals surface area contributed by atoms with Gasteiger partial charge in [0.05, 0.1) is 17.3 Å². The second-order valence-electron chi connectivity index (χ2n) is 7.23. The number of halogens is 1. The summed E-state index contributed by atoms with van der Waals surface area (Å²) in [5.41, 5.74) is 1.16. The molecule has 1 saturated heterocycles. The number of sulfonamides is 1. The third-order valence-corrected chi connectivity index (χ3v) is 7.82. The molecule has 0 aliphatic carbocycles. The van der Waals surface area contributed by atoms with Crippen molar-refractivity contribution in [1.82, 2.24) is 18.0 Å². The fraction of sp³-hybridized carbons (Fsp3) is 0.190. The van der Waals surface area contributed by atoms with E-state index in [1.54, 1.807) is 36.4 Å². The molecule has 0 spiro atoms. The number of rotatable bonds is 4. The number of carbonyl (C=O) groups excluding carboxylic acids is 1. The Morgan fingerprint density at radius 3 is 2.53 bits per heavy atom. The average molecular weight is 473 g/mol. The molecule has 1 aliphatic rings. The van der Waals surface area contributed by atoms with Crippen LogP contribution in [0.5, 0.6) is 0 Å². The Labute approximate surface area is 187 Å². The number of hydrogen-bond acceptors (Lipinski definition) is 7. The molecule has 0 bridgehead atoms. The summed E-state index contributed by atoms with van der Waals surface area (Å²) in [7, 11) is -3.77. The van der Waals surface area contributed by atoms with Crippen LogP contribution in [0.25, 0.3) is 22.4 Å². The van der Waals surface area contributed by atoms with Crippen LogP contribution in [0.2, 0.25) is 0 Å². The zero-order valence-electron chi connectivity index (χ0n) is 16.6. The van der Waals surface area contributed by atoms with E-state index in [1.807, 2.05) is 0 Å². The molecule has 1 amide bonds. The highest BCUT2D eigenvalue weighted by Gasteiger charge is 2.33. The van der Waals surface area contributed by atoms with Crippen molar-refractivity contribution in [3.05, 3.63) is 66.2 Å². The molecule has 8 nitrogen and oxygen atoms in total. The molecule has 0 atom stereocenters. The summed E-state index contributed by atoms with van der Waals surface area (Å²) in [5.74, 6) is -0.462. The lowest BCUT2D eigenvalue weighted by Crippen LogP contribution is -2.50. The minimum absolute atomic E-state index is 0.0814. The number of fused-ring (bicyclic) bond motifs is 1. The van der Waals surface area contributed by atoms with E-state index in [1.165, 1.54) is 27.4 Å². The van der Waals surface area contributed by atoms with E-state index in [0.29, 0.717) is 11.0 Å². The van der Waals surface area contributed by atoms with Crippen LogP contribution in [0, 0.1) is 5.82 Å². The van der Waals surface area contributed by atoms with Crippen LogP contribution in [-0.4, -0.2) is 58.5 Å². The number of amides is 1. The van der Waals surface area contributed by atoms with E-state index in [0.717, 1.165) is 11.7 Å². The molecule has 4 aromatic rings. The van der Waals surface area contributed by atoms with Crippen LogP contribution >= 0.6 is 11.7 Å². The van der Waals surface area contributed by atoms with Crippen molar-refractivity contribution in [2.45, 2.75) is 4.90 Å². The third-order valence-electron chi connectivity index (χ3n) is 5.35. The van der Waals surface area contributed by atoms with Gasteiger partial charge in [0.2, 0.25) is 10.0 Å². The van der Waals surface area contributed by atoms with Gasteiger partial charge in [-0.05, 0) is 36.4 Å². The van der Waals surface area contributed by atoms with Crippen LogP contribution < -0.4 is 0 Å².